The van der Waals surface area contributed by atoms with Crippen LogP contribution in [0.5, 0.6) is 0 Å². The van der Waals surface area contributed by atoms with Crippen molar-refractivity contribution in [3.05, 3.63) is 95.6 Å². The summed E-state index contributed by atoms with van der Waals surface area (Å²) in [5.74, 6) is -1.43. The monoisotopic (exact) mass is 373 g/mol. The SMILES string of the molecule is O=C(Nc1ccccn1)C(=O)c1c(Cc2ccc(F)cc2)[nH]c2ccccc12. The second-order valence-electron chi connectivity index (χ2n) is 6.33. The van der Waals surface area contributed by atoms with Gasteiger partial charge in [-0.05, 0) is 35.9 Å². The highest BCUT2D eigenvalue weighted by Crippen LogP contribution is 2.25. The number of hydrogen-bond acceptors (Lipinski definition) is 3. The third kappa shape index (κ3) is 3.53. The molecule has 6 heteroatoms. The van der Waals surface area contributed by atoms with Crippen molar-refractivity contribution in [1.29, 1.82) is 0 Å². The summed E-state index contributed by atoms with van der Waals surface area (Å²) in [7, 11) is 0. The van der Waals surface area contributed by atoms with Crippen molar-refractivity contribution in [2.75, 3.05) is 5.32 Å². The first-order valence-electron chi connectivity index (χ1n) is 8.72. The molecule has 2 aromatic heterocycles. The molecule has 0 saturated heterocycles. The number of nitrogens with one attached hydrogen (secondary N) is 2. The van der Waals surface area contributed by atoms with Crippen molar-refractivity contribution >= 4 is 28.4 Å². The number of hydrogen-bond donors (Lipinski definition) is 2. The molecule has 0 atom stereocenters. The van der Waals surface area contributed by atoms with Gasteiger partial charge in [-0.2, -0.15) is 0 Å². The summed E-state index contributed by atoms with van der Waals surface area (Å²) in [6.45, 7) is 0. The fourth-order valence-corrected chi connectivity index (χ4v) is 3.12. The molecule has 0 aliphatic rings. The average Bonchev–Trinajstić information content (AvgIpc) is 3.07. The number of pyridine rings is 1. The van der Waals surface area contributed by atoms with Gasteiger partial charge in [0.05, 0.1) is 5.56 Å². The number of H-pyrrole nitrogens is 1. The van der Waals surface area contributed by atoms with Crippen LogP contribution in [-0.2, 0) is 11.2 Å². The second kappa shape index (κ2) is 7.44. The molecule has 0 aliphatic carbocycles. The number of halogens is 1. The number of ketones is 1. The number of anilines is 1. The van der Waals surface area contributed by atoms with Crippen molar-refractivity contribution < 1.29 is 14.0 Å². The van der Waals surface area contributed by atoms with Crippen LogP contribution >= 0.6 is 0 Å². The molecule has 2 heterocycles. The number of benzene rings is 2. The minimum absolute atomic E-state index is 0.306. The fourth-order valence-electron chi connectivity index (χ4n) is 3.12. The van der Waals surface area contributed by atoms with E-state index in [0.717, 1.165) is 11.1 Å². The maximum Gasteiger partial charge on any atom is 0.298 e. The summed E-state index contributed by atoms with van der Waals surface area (Å²) >= 11 is 0. The van der Waals surface area contributed by atoms with E-state index in [1.807, 2.05) is 18.2 Å². The number of carbonyl (C=O) groups excluding carboxylic acids is 2. The van der Waals surface area contributed by atoms with E-state index >= 15 is 0 Å². The molecule has 28 heavy (non-hydrogen) atoms. The van der Waals surface area contributed by atoms with E-state index in [4.69, 9.17) is 0 Å². The largest absolute Gasteiger partial charge is 0.357 e. The van der Waals surface area contributed by atoms with Crippen LogP contribution in [0.1, 0.15) is 21.6 Å². The van der Waals surface area contributed by atoms with Gasteiger partial charge >= 0.3 is 0 Å². The third-order valence-corrected chi connectivity index (χ3v) is 4.42. The number of Topliss-reactive ketones (excluding diaryl/α,β-unsaturated/α-hetero) is 1. The van der Waals surface area contributed by atoms with Crippen LogP contribution in [0, 0.1) is 5.82 Å². The van der Waals surface area contributed by atoms with Gasteiger partial charge in [0, 0.05) is 29.2 Å². The zero-order valence-electron chi connectivity index (χ0n) is 14.8. The Labute approximate surface area is 160 Å². The van der Waals surface area contributed by atoms with Crippen molar-refractivity contribution in [3.8, 4) is 0 Å². The van der Waals surface area contributed by atoms with Gasteiger partial charge in [-0.25, -0.2) is 9.37 Å². The van der Waals surface area contributed by atoms with E-state index in [1.165, 1.54) is 18.3 Å². The Morgan fingerprint density at radius 3 is 2.46 bits per heavy atom. The van der Waals surface area contributed by atoms with Gasteiger partial charge in [-0.3, -0.25) is 9.59 Å². The smallest absolute Gasteiger partial charge is 0.298 e. The lowest BCUT2D eigenvalue weighted by Gasteiger charge is -2.06. The highest BCUT2D eigenvalue weighted by atomic mass is 19.1. The van der Waals surface area contributed by atoms with E-state index in [-0.39, 0.29) is 5.82 Å². The Hall–Kier alpha value is -3.80. The molecule has 5 nitrogen and oxygen atoms in total. The number of para-hydroxylation sites is 1. The number of fused-ring (bicyclic) bond motifs is 1. The summed E-state index contributed by atoms with van der Waals surface area (Å²) in [5, 5.41) is 3.20. The number of rotatable bonds is 5. The molecule has 0 radical (unpaired) electrons. The average molecular weight is 373 g/mol. The molecule has 2 N–H and O–H groups in total. The lowest BCUT2D eigenvalue weighted by molar-refractivity contribution is -0.112. The first-order valence-corrected chi connectivity index (χ1v) is 8.72. The molecule has 1 amide bonds. The summed E-state index contributed by atoms with van der Waals surface area (Å²) in [5.41, 5.74) is 2.50. The Kier molecular flexibility index (Phi) is 4.68. The van der Waals surface area contributed by atoms with Crippen LogP contribution in [0.2, 0.25) is 0 Å². The van der Waals surface area contributed by atoms with Gasteiger partial charge < -0.3 is 10.3 Å². The maximum absolute atomic E-state index is 13.2. The van der Waals surface area contributed by atoms with E-state index in [0.29, 0.717) is 28.9 Å². The molecule has 0 bridgehead atoms. The van der Waals surface area contributed by atoms with Crippen LogP contribution in [0.3, 0.4) is 0 Å². The van der Waals surface area contributed by atoms with Crippen LogP contribution in [0.15, 0.2) is 72.9 Å². The van der Waals surface area contributed by atoms with Gasteiger partial charge in [0.2, 0.25) is 0 Å². The van der Waals surface area contributed by atoms with E-state index in [1.54, 1.807) is 36.4 Å². The first-order chi connectivity index (χ1) is 13.6. The molecule has 0 spiro atoms. The van der Waals surface area contributed by atoms with Gasteiger partial charge in [-0.1, -0.05) is 36.4 Å². The molecule has 0 aliphatic heterocycles. The zero-order valence-corrected chi connectivity index (χ0v) is 14.8. The fraction of sp³-hybridized carbons (Fsp3) is 0.0455. The minimum atomic E-state index is -0.760. The van der Waals surface area contributed by atoms with Crippen LogP contribution in [0.25, 0.3) is 10.9 Å². The van der Waals surface area contributed by atoms with Crippen LogP contribution < -0.4 is 5.32 Å². The summed E-state index contributed by atoms with van der Waals surface area (Å²) in [6, 6.07) is 18.4. The molecular weight excluding hydrogens is 357 g/mol. The number of nitrogens with zero attached hydrogens (tertiary/aromatic N) is 1. The Balaban J connectivity index is 1.71. The molecule has 4 aromatic rings. The number of aromatic amines is 1. The summed E-state index contributed by atoms with van der Waals surface area (Å²) in [4.78, 5) is 32.7. The number of amides is 1. The standard InChI is InChI=1S/C22H16FN3O2/c23-15-10-8-14(9-11-15)13-18-20(16-5-1-2-6-17(16)25-18)21(27)22(28)26-19-7-3-4-12-24-19/h1-12,25H,13H2,(H,24,26,28). The van der Waals surface area contributed by atoms with Crippen molar-refractivity contribution in [1.82, 2.24) is 9.97 Å². The van der Waals surface area contributed by atoms with Crippen LogP contribution in [-0.4, -0.2) is 21.7 Å². The zero-order chi connectivity index (χ0) is 19.5. The van der Waals surface area contributed by atoms with Gasteiger partial charge in [0.25, 0.3) is 11.7 Å². The molecule has 4 rings (SSSR count). The predicted octanol–water partition coefficient (Wildman–Crippen LogP) is 4.11. The Morgan fingerprint density at radius 1 is 0.964 bits per heavy atom. The van der Waals surface area contributed by atoms with Crippen molar-refractivity contribution in [3.63, 3.8) is 0 Å². The van der Waals surface area contributed by atoms with Gasteiger partial charge in [-0.15, -0.1) is 0 Å². The predicted molar refractivity (Wildman–Crippen MR) is 105 cm³/mol. The Morgan fingerprint density at radius 2 is 1.71 bits per heavy atom. The molecule has 2 aromatic carbocycles. The second-order valence-corrected chi connectivity index (χ2v) is 6.33. The minimum Gasteiger partial charge on any atom is -0.357 e. The molecule has 0 unspecified atom stereocenters. The Bertz CT molecular complexity index is 1150. The van der Waals surface area contributed by atoms with Crippen molar-refractivity contribution in [2.45, 2.75) is 6.42 Å². The highest BCUT2D eigenvalue weighted by molar-refractivity contribution is 6.48. The molecule has 138 valence electrons. The molecule has 0 fully saturated rings. The first kappa shape index (κ1) is 17.6. The van der Waals surface area contributed by atoms with E-state index < -0.39 is 11.7 Å². The van der Waals surface area contributed by atoms with Crippen LogP contribution in [0.4, 0.5) is 10.2 Å². The molecular formula is C22H16FN3O2. The quantitative estimate of drug-likeness (QED) is 0.408. The molecule has 0 saturated carbocycles. The maximum atomic E-state index is 13.2. The van der Waals surface area contributed by atoms with Gasteiger partial charge in [0.15, 0.2) is 0 Å². The lowest BCUT2D eigenvalue weighted by atomic mass is 10.0. The summed E-state index contributed by atoms with van der Waals surface area (Å²) in [6.07, 6.45) is 1.90. The number of aromatic nitrogens is 2. The van der Waals surface area contributed by atoms with Gasteiger partial charge in [0.1, 0.15) is 11.6 Å². The lowest BCUT2D eigenvalue weighted by Crippen LogP contribution is -2.24. The van der Waals surface area contributed by atoms with E-state index in [9.17, 15) is 14.0 Å². The normalized spacial score (nSPS) is 10.8. The summed E-state index contributed by atoms with van der Waals surface area (Å²) < 4.78 is 13.2. The van der Waals surface area contributed by atoms with Crippen molar-refractivity contribution in [2.24, 2.45) is 0 Å². The topological polar surface area (TPSA) is 74.8 Å². The number of carbonyl (C=O) groups is 2. The third-order valence-electron chi connectivity index (χ3n) is 4.42. The van der Waals surface area contributed by atoms with E-state index in [2.05, 4.69) is 15.3 Å². The highest BCUT2D eigenvalue weighted by Gasteiger charge is 2.24.